The van der Waals surface area contributed by atoms with Gasteiger partial charge in [-0.25, -0.2) is 19.2 Å². The zero-order valence-electron chi connectivity index (χ0n) is 11.5. The van der Waals surface area contributed by atoms with E-state index in [-0.39, 0.29) is 18.0 Å². The number of benzene rings is 1. The van der Waals surface area contributed by atoms with Gasteiger partial charge in [0.2, 0.25) is 0 Å². The van der Waals surface area contributed by atoms with E-state index in [4.69, 9.17) is 4.74 Å². The van der Waals surface area contributed by atoms with Crippen molar-refractivity contribution in [2.45, 2.75) is 12.5 Å². The molecule has 2 heterocycles. The predicted molar refractivity (Wildman–Crippen MR) is 75.5 cm³/mol. The molecule has 1 unspecified atom stereocenters. The van der Waals surface area contributed by atoms with E-state index in [0.29, 0.717) is 29.8 Å². The number of fused-ring (bicyclic) bond motifs is 1. The highest BCUT2D eigenvalue weighted by molar-refractivity contribution is 5.88. The monoisotopic (exact) mass is 290 g/mol. The van der Waals surface area contributed by atoms with Gasteiger partial charge in [0.25, 0.3) is 0 Å². The van der Waals surface area contributed by atoms with Crippen molar-refractivity contribution in [1.29, 1.82) is 0 Å². The molecule has 110 valence electrons. The van der Waals surface area contributed by atoms with Crippen molar-refractivity contribution in [3.05, 3.63) is 30.3 Å². The number of carbonyl (C=O) groups is 1. The largest absolute Gasteiger partial charge is 0.453 e. The second kappa shape index (κ2) is 5.51. The second-order valence-corrected chi connectivity index (χ2v) is 4.93. The van der Waals surface area contributed by atoms with Crippen molar-refractivity contribution in [3.63, 3.8) is 0 Å². The van der Waals surface area contributed by atoms with Crippen LogP contribution in [0.1, 0.15) is 6.42 Å². The van der Waals surface area contributed by atoms with Crippen LogP contribution in [0.15, 0.2) is 24.5 Å². The molecule has 21 heavy (non-hydrogen) atoms. The summed E-state index contributed by atoms with van der Waals surface area (Å²) >= 11 is 0. The lowest BCUT2D eigenvalue weighted by atomic mass is 10.2. The van der Waals surface area contributed by atoms with Gasteiger partial charge in [-0.15, -0.1) is 0 Å². The average Bonchev–Trinajstić information content (AvgIpc) is 2.95. The van der Waals surface area contributed by atoms with E-state index in [2.05, 4.69) is 15.3 Å². The van der Waals surface area contributed by atoms with Crippen molar-refractivity contribution >= 4 is 22.8 Å². The highest BCUT2D eigenvalue weighted by Gasteiger charge is 2.27. The van der Waals surface area contributed by atoms with Crippen LogP contribution >= 0.6 is 0 Å². The van der Waals surface area contributed by atoms with Gasteiger partial charge in [0.15, 0.2) is 0 Å². The number of amides is 1. The Morgan fingerprint density at radius 3 is 3.14 bits per heavy atom. The number of nitrogens with one attached hydrogen (secondary N) is 1. The van der Waals surface area contributed by atoms with Crippen molar-refractivity contribution in [2.75, 3.05) is 25.5 Å². The minimum atomic E-state index is -0.335. The minimum Gasteiger partial charge on any atom is -0.453 e. The Kier molecular flexibility index (Phi) is 3.55. The van der Waals surface area contributed by atoms with Crippen molar-refractivity contribution in [1.82, 2.24) is 14.9 Å². The van der Waals surface area contributed by atoms with E-state index in [1.807, 2.05) is 0 Å². The Bertz CT molecular complexity index is 679. The van der Waals surface area contributed by atoms with E-state index < -0.39 is 0 Å². The molecule has 7 heteroatoms. The smallest absolute Gasteiger partial charge is 0.409 e. The lowest BCUT2D eigenvalue weighted by Gasteiger charge is -2.16. The first-order valence-corrected chi connectivity index (χ1v) is 6.67. The van der Waals surface area contributed by atoms with Gasteiger partial charge in [0, 0.05) is 24.5 Å². The highest BCUT2D eigenvalue weighted by Crippen LogP contribution is 2.23. The first-order chi connectivity index (χ1) is 10.2. The Labute approximate surface area is 120 Å². The third-order valence-corrected chi connectivity index (χ3v) is 3.56. The van der Waals surface area contributed by atoms with E-state index in [1.165, 1.54) is 25.6 Å². The Morgan fingerprint density at radius 2 is 2.33 bits per heavy atom. The predicted octanol–water partition coefficient (Wildman–Crippen LogP) is 2.02. The molecule has 0 aliphatic carbocycles. The molecule has 3 rings (SSSR count). The van der Waals surface area contributed by atoms with Gasteiger partial charge < -0.3 is 15.0 Å². The molecule has 1 atom stereocenters. The maximum atomic E-state index is 13.4. The summed E-state index contributed by atoms with van der Waals surface area (Å²) in [4.78, 5) is 21.4. The van der Waals surface area contributed by atoms with Crippen LogP contribution in [-0.2, 0) is 4.74 Å². The molecule has 0 radical (unpaired) electrons. The van der Waals surface area contributed by atoms with E-state index in [0.717, 1.165) is 6.42 Å². The fraction of sp³-hybridized carbons (Fsp3) is 0.357. The zero-order chi connectivity index (χ0) is 14.8. The van der Waals surface area contributed by atoms with Gasteiger partial charge in [-0.05, 0) is 24.6 Å². The Hall–Kier alpha value is -2.44. The lowest BCUT2D eigenvalue weighted by molar-refractivity contribution is 0.133. The minimum absolute atomic E-state index is 0.0606. The number of hydrogen-bond acceptors (Lipinski definition) is 5. The third-order valence-electron chi connectivity index (χ3n) is 3.56. The van der Waals surface area contributed by atoms with Crippen molar-refractivity contribution < 1.29 is 13.9 Å². The number of hydrogen-bond donors (Lipinski definition) is 1. The number of rotatable bonds is 2. The normalized spacial score (nSPS) is 18.0. The molecule has 2 aromatic rings. The van der Waals surface area contributed by atoms with Crippen LogP contribution < -0.4 is 5.32 Å². The van der Waals surface area contributed by atoms with Crippen LogP contribution in [0, 0.1) is 5.82 Å². The quantitative estimate of drug-likeness (QED) is 0.916. The first kappa shape index (κ1) is 13.5. The van der Waals surface area contributed by atoms with Gasteiger partial charge in [-0.2, -0.15) is 0 Å². The van der Waals surface area contributed by atoms with Gasteiger partial charge in [-0.1, -0.05) is 0 Å². The van der Waals surface area contributed by atoms with Gasteiger partial charge >= 0.3 is 6.09 Å². The summed E-state index contributed by atoms with van der Waals surface area (Å²) < 4.78 is 18.1. The summed E-state index contributed by atoms with van der Waals surface area (Å²) in [6.07, 6.45) is 1.89. The van der Waals surface area contributed by atoms with E-state index in [1.54, 1.807) is 11.0 Å². The molecule has 1 N–H and O–H groups in total. The summed E-state index contributed by atoms with van der Waals surface area (Å²) in [7, 11) is 1.36. The number of halogens is 1. The molecule has 1 aromatic carbocycles. The fourth-order valence-corrected chi connectivity index (χ4v) is 2.51. The highest BCUT2D eigenvalue weighted by atomic mass is 19.1. The van der Waals surface area contributed by atoms with Crippen LogP contribution in [0.2, 0.25) is 0 Å². The summed E-state index contributed by atoms with van der Waals surface area (Å²) in [5.41, 5.74) is 0.678. The molecule has 0 spiro atoms. The molecule has 1 aromatic heterocycles. The first-order valence-electron chi connectivity index (χ1n) is 6.67. The van der Waals surface area contributed by atoms with Crippen molar-refractivity contribution in [2.24, 2.45) is 0 Å². The molecular formula is C14H15FN4O2. The van der Waals surface area contributed by atoms with Crippen LogP contribution in [-0.4, -0.2) is 47.2 Å². The van der Waals surface area contributed by atoms with Gasteiger partial charge in [0.05, 0.1) is 12.6 Å². The summed E-state index contributed by atoms with van der Waals surface area (Å²) in [6.45, 7) is 1.16. The lowest BCUT2D eigenvalue weighted by Crippen LogP contribution is -2.31. The number of nitrogens with zero attached hydrogens (tertiary/aromatic N) is 3. The summed E-state index contributed by atoms with van der Waals surface area (Å²) in [6, 6.07) is 4.45. The zero-order valence-corrected chi connectivity index (χ0v) is 11.5. The molecule has 1 saturated heterocycles. The number of aromatic nitrogens is 2. The Balaban J connectivity index is 1.80. The molecule has 0 bridgehead atoms. The number of anilines is 1. The SMILES string of the molecule is COC(=O)N1CCC(Nc2ncnc3ccc(F)cc23)C1. The Morgan fingerprint density at radius 1 is 1.48 bits per heavy atom. The topological polar surface area (TPSA) is 67.3 Å². The van der Waals surface area contributed by atoms with Gasteiger partial charge in [0.1, 0.15) is 18.0 Å². The number of methoxy groups -OCH3 is 1. The van der Waals surface area contributed by atoms with Crippen LogP contribution in [0.3, 0.4) is 0 Å². The van der Waals surface area contributed by atoms with Crippen LogP contribution in [0.4, 0.5) is 15.0 Å². The van der Waals surface area contributed by atoms with Gasteiger partial charge in [-0.3, -0.25) is 0 Å². The number of likely N-dealkylation sites (tertiary alicyclic amines) is 1. The molecule has 1 aliphatic heterocycles. The fourth-order valence-electron chi connectivity index (χ4n) is 2.51. The van der Waals surface area contributed by atoms with Crippen LogP contribution in [0.5, 0.6) is 0 Å². The molecule has 6 nitrogen and oxygen atoms in total. The summed E-state index contributed by atoms with van der Waals surface area (Å²) in [5.74, 6) is 0.249. The molecule has 1 amide bonds. The number of carbonyl (C=O) groups excluding carboxylic acids is 1. The van der Waals surface area contributed by atoms with E-state index >= 15 is 0 Å². The van der Waals surface area contributed by atoms with Crippen LogP contribution in [0.25, 0.3) is 10.9 Å². The molecule has 0 saturated carbocycles. The molecule has 1 aliphatic rings. The number of ether oxygens (including phenoxy) is 1. The summed E-state index contributed by atoms with van der Waals surface area (Å²) in [5, 5.41) is 3.89. The molecule has 1 fully saturated rings. The third kappa shape index (κ3) is 2.72. The average molecular weight is 290 g/mol. The van der Waals surface area contributed by atoms with Crippen molar-refractivity contribution in [3.8, 4) is 0 Å². The maximum absolute atomic E-state index is 13.4. The second-order valence-electron chi connectivity index (χ2n) is 4.93. The molecular weight excluding hydrogens is 275 g/mol. The standard InChI is InChI=1S/C14H15FN4O2/c1-21-14(20)19-5-4-10(7-19)18-13-11-6-9(15)2-3-12(11)16-8-17-13/h2-3,6,8,10H,4-5,7H2,1H3,(H,16,17,18). The maximum Gasteiger partial charge on any atom is 0.409 e. The van der Waals surface area contributed by atoms with E-state index in [9.17, 15) is 9.18 Å².